The fourth-order valence-corrected chi connectivity index (χ4v) is 2.70. The van der Waals surface area contributed by atoms with Gasteiger partial charge in [-0.3, -0.25) is 0 Å². The lowest BCUT2D eigenvalue weighted by atomic mass is 9.93. The zero-order valence-corrected chi connectivity index (χ0v) is 17.5. The van der Waals surface area contributed by atoms with Crippen molar-refractivity contribution in [2.75, 3.05) is 13.2 Å². The van der Waals surface area contributed by atoms with Gasteiger partial charge in [0.1, 0.15) is 0 Å². The van der Waals surface area contributed by atoms with Gasteiger partial charge in [0.05, 0.1) is 6.61 Å². The molecular formula is C19H26F13O. The van der Waals surface area contributed by atoms with Crippen molar-refractivity contribution in [1.82, 2.24) is 0 Å². The van der Waals surface area contributed by atoms with Crippen LogP contribution in [0.2, 0.25) is 0 Å². The number of rotatable bonds is 17. The Balaban J connectivity index is 4.73. The normalized spacial score (nSPS) is 14.7. The van der Waals surface area contributed by atoms with E-state index < -0.39 is 48.8 Å². The van der Waals surface area contributed by atoms with Crippen LogP contribution in [0.1, 0.15) is 64.2 Å². The van der Waals surface area contributed by atoms with Crippen LogP contribution in [-0.4, -0.2) is 49.0 Å². The van der Waals surface area contributed by atoms with E-state index >= 15 is 0 Å². The first-order valence-corrected chi connectivity index (χ1v) is 10.1. The molecular weight excluding hydrogens is 491 g/mol. The highest BCUT2D eigenvalue weighted by Gasteiger charge is 2.90. The van der Waals surface area contributed by atoms with Gasteiger partial charge in [-0.15, -0.1) is 0 Å². The molecule has 0 atom stereocenters. The van der Waals surface area contributed by atoms with E-state index in [9.17, 15) is 57.1 Å². The highest BCUT2D eigenvalue weighted by molar-refractivity contribution is 5.10. The predicted octanol–water partition coefficient (Wildman–Crippen LogP) is 8.48. The summed E-state index contributed by atoms with van der Waals surface area (Å²) in [5, 5.41) is 0. The molecule has 0 bridgehead atoms. The first kappa shape index (κ1) is 32.0. The second-order valence-corrected chi connectivity index (χ2v) is 7.54. The SMILES string of the molecule is [CH2]CCCCCCCCCCOCCC(F)(F)C(F)(F)C(F)(F)C(F)(F)C(F)(F)C(F)(F)F. The lowest BCUT2D eigenvalue weighted by molar-refractivity contribution is -0.440. The van der Waals surface area contributed by atoms with Gasteiger partial charge in [0, 0.05) is 13.0 Å². The first-order valence-electron chi connectivity index (χ1n) is 10.1. The predicted molar refractivity (Wildman–Crippen MR) is 93.1 cm³/mol. The molecule has 0 saturated carbocycles. The van der Waals surface area contributed by atoms with Gasteiger partial charge in [-0.1, -0.05) is 58.3 Å². The Hall–Kier alpha value is -0.950. The molecule has 0 N–H and O–H groups in total. The van der Waals surface area contributed by atoms with Gasteiger partial charge in [0.25, 0.3) is 0 Å². The summed E-state index contributed by atoms with van der Waals surface area (Å²) < 4.78 is 173. The molecule has 0 rings (SSSR count). The molecule has 0 aromatic carbocycles. The molecule has 0 aliphatic carbocycles. The number of alkyl halides is 13. The summed E-state index contributed by atoms with van der Waals surface area (Å²) in [7, 11) is 0. The molecule has 0 saturated heterocycles. The van der Waals surface area contributed by atoms with Gasteiger partial charge in [-0.25, -0.2) is 0 Å². The molecule has 33 heavy (non-hydrogen) atoms. The average Bonchev–Trinajstić information content (AvgIpc) is 2.67. The molecule has 0 fully saturated rings. The summed E-state index contributed by atoms with van der Waals surface area (Å²) in [6.07, 6.45) is -2.41. The molecule has 1 nitrogen and oxygen atoms in total. The number of hydrogen-bond acceptors (Lipinski definition) is 1. The van der Waals surface area contributed by atoms with Crippen molar-refractivity contribution in [2.45, 2.75) is 100.0 Å². The molecule has 14 heteroatoms. The van der Waals surface area contributed by atoms with Crippen LogP contribution in [0.4, 0.5) is 57.1 Å². The van der Waals surface area contributed by atoms with E-state index in [4.69, 9.17) is 0 Å². The van der Waals surface area contributed by atoms with Gasteiger partial charge in [0.2, 0.25) is 0 Å². The third kappa shape index (κ3) is 7.51. The van der Waals surface area contributed by atoms with E-state index in [-0.39, 0.29) is 13.0 Å². The number of hydrogen-bond donors (Lipinski definition) is 0. The molecule has 0 heterocycles. The quantitative estimate of drug-likeness (QED) is 0.139. The number of unbranched alkanes of at least 4 members (excludes halogenated alkanes) is 8. The summed E-state index contributed by atoms with van der Waals surface area (Å²) in [4.78, 5) is 0. The lowest BCUT2D eigenvalue weighted by Gasteiger charge is -2.39. The Kier molecular flexibility index (Phi) is 11.8. The molecule has 199 valence electrons. The van der Waals surface area contributed by atoms with Crippen molar-refractivity contribution in [3.63, 3.8) is 0 Å². The van der Waals surface area contributed by atoms with Crippen molar-refractivity contribution in [2.24, 2.45) is 0 Å². The zero-order chi connectivity index (χ0) is 26.2. The van der Waals surface area contributed by atoms with Crippen molar-refractivity contribution >= 4 is 0 Å². The maximum atomic E-state index is 13.5. The van der Waals surface area contributed by atoms with Crippen LogP contribution in [0, 0.1) is 6.92 Å². The molecule has 0 aliphatic rings. The fraction of sp³-hybridized carbons (Fsp3) is 0.947. The van der Waals surface area contributed by atoms with Gasteiger partial charge in [0.15, 0.2) is 0 Å². The van der Waals surface area contributed by atoms with Gasteiger partial charge < -0.3 is 4.74 Å². The second kappa shape index (κ2) is 12.1. The summed E-state index contributed by atoms with van der Waals surface area (Å²) in [6.45, 7) is 2.09. The van der Waals surface area contributed by atoms with Crippen molar-refractivity contribution in [1.29, 1.82) is 0 Å². The Labute approximate surface area is 183 Å². The summed E-state index contributed by atoms with van der Waals surface area (Å²) in [5.74, 6) is -36.6. The zero-order valence-electron chi connectivity index (χ0n) is 17.5. The molecule has 0 aliphatic heterocycles. The van der Waals surface area contributed by atoms with Crippen LogP contribution in [0.5, 0.6) is 0 Å². The third-order valence-electron chi connectivity index (χ3n) is 4.85. The van der Waals surface area contributed by atoms with Crippen molar-refractivity contribution in [3.05, 3.63) is 6.92 Å². The standard InChI is InChI=1S/C19H26F13O/c1-2-3-4-5-6-7-8-9-10-12-33-13-11-14(20,21)15(22,23)16(24,25)17(26,27)18(28,29)19(30,31)32/h1-13H2. The van der Waals surface area contributed by atoms with Crippen molar-refractivity contribution < 1.29 is 61.8 Å². The van der Waals surface area contributed by atoms with E-state index in [0.29, 0.717) is 6.42 Å². The highest BCUT2D eigenvalue weighted by atomic mass is 19.4. The van der Waals surface area contributed by atoms with Crippen LogP contribution >= 0.6 is 0 Å². The minimum atomic E-state index is -7.86. The fourth-order valence-electron chi connectivity index (χ4n) is 2.70. The Bertz CT molecular complexity index is 558. The van der Waals surface area contributed by atoms with Crippen LogP contribution in [-0.2, 0) is 4.74 Å². The molecule has 0 aromatic heterocycles. The molecule has 0 spiro atoms. The third-order valence-corrected chi connectivity index (χ3v) is 4.85. The van der Waals surface area contributed by atoms with E-state index in [1.807, 2.05) is 0 Å². The van der Waals surface area contributed by atoms with Crippen LogP contribution in [0.3, 0.4) is 0 Å². The lowest BCUT2D eigenvalue weighted by Crippen LogP contribution is -2.70. The largest absolute Gasteiger partial charge is 0.460 e. The summed E-state index contributed by atoms with van der Waals surface area (Å²) in [6, 6.07) is 0. The Morgan fingerprint density at radius 3 is 1.27 bits per heavy atom. The van der Waals surface area contributed by atoms with Gasteiger partial charge >= 0.3 is 35.8 Å². The molecule has 0 aromatic rings. The average molecular weight is 517 g/mol. The number of ether oxygens (including phenoxy) is 1. The van der Waals surface area contributed by atoms with Crippen LogP contribution in [0.25, 0.3) is 0 Å². The smallest absolute Gasteiger partial charge is 0.381 e. The summed E-state index contributed by atoms with van der Waals surface area (Å²) >= 11 is 0. The van der Waals surface area contributed by atoms with E-state index in [0.717, 1.165) is 44.9 Å². The maximum Gasteiger partial charge on any atom is 0.460 e. The molecule has 0 amide bonds. The Morgan fingerprint density at radius 2 is 0.848 bits per heavy atom. The summed E-state index contributed by atoms with van der Waals surface area (Å²) in [5.41, 5.74) is 0. The maximum absolute atomic E-state index is 13.5. The van der Waals surface area contributed by atoms with Gasteiger partial charge in [-0.2, -0.15) is 57.1 Å². The minimum Gasteiger partial charge on any atom is -0.381 e. The number of halogens is 13. The molecule has 1 radical (unpaired) electrons. The van der Waals surface area contributed by atoms with Crippen LogP contribution in [0.15, 0.2) is 0 Å². The van der Waals surface area contributed by atoms with E-state index in [1.165, 1.54) is 0 Å². The minimum absolute atomic E-state index is 0.262. The monoisotopic (exact) mass is 517 g/mol. The first-order chi connectivity index (χ1) is 14.8. The van der Waals surface area contributed by atoms with Crippen molar-refractivity contribution in [3.8, 4) is 0 Å². The topological polar surface area (TPSA) is 9.23 Å². The second-order valence-electron chi connectivity index (χ2n) is 7.54. The highest BCUT2D eigenvalue weighted by Crippen LogP contribution is 2.60. The van der Waals surface area contributed by atoms with Gasteiger partial charge in [-0.05, 0) is 6.42 Å². The molecule has 0 unspecified atom stereocenters. The Morgan fingerprint density at radius 1 is 0.455 bits per heavy atom. The van der Waals surface area contributed by atoms with E-state index in [2.05, 4.69) is 11.7 Å². The van der Waals surface area contributed by atoms with Crippen LogP contribution < -0.4 is 0 Å². The van der Waals surface area contributed by atoms with E-state index in [1.54, 1.807) is 0 Å².